The normalized spacial score (nSPS) is 12.1. The van der Waals surface area contributed by atoms with E-state index in [9.17, 15) is 10.1 Å². The van der Waals surface area contributed by atoms with Crippen molar-refractivity contribution in [3.05, 3.63) is 73.2 Å². The fourth-order valence-electron chi connectivity index (χ4n) is 2.04. The van der Waals surface area contributed by atoms with Gasteiger partial charge in [-0.05, 0) is 40.0 Å². The molecule has 2 rings (SSSR count). The highest BCUT2D eigenvalue weighted by atomic mass is 79.9. The summed E-state index contributed by atoms with van der Waals surface area (Å²) in [5, 5.41) is 14.9. The standard InChI is InChI=1S/C15H14BrClN2O2/c1-10(12-6-2-3-7-13(12)17)18-9-11-5-4-8-14(15(11)16)19(20)21/h2-8,10,18H,9H2,1H3/t10-/m0/s1. The van der Waals surface area contributed by atoms with Crippen molar-refractivity contribution in [2.45, 2.75) is 19.5 Å². The molecule has 110 valence electrons. The summed E-state index contributed by atoms with van der Waals surface area (Å²) in [6, 6.07) is 12.7. The monoisotopic (exact) mass is 368 g/mol. The van der Waals surface area contributed by atoms with E-state index in [1.54, 1.807) is 6.07 Å². The van der Waals surface area contributed by atoms with E-state index in [1.165, 1.54) is 6.07 Å². The third kappa shape index (κ3) is 3.81. The molecule has 0 aliphatic rings. The molecule has 4 nitrogen and oxygen atoms in total. The molecule has 0 fully saturated rings. The van der Waals surface area contributed by atoms with Crippen molar-refractivity contribution in [3.8, 4) is 0 Å². The Hall–Kier alpha value is -1.43. The van der Waals surface area contributed by atoms with Crippen molar-refractivity contribution < 1.29 is 4.92 Å². The maximum Gasteiger partial charge on any atom is 0.283 e. The number of nitrogens with one attached hydrogen (secondary N) is 1. The molecule has 0 saturated carbocycles. The highest BCUT2D eigenvalue weighted by molar-refractivity contribution is 9.10. The first-order valence-corrected chi connectivity index (χ1v) is 7.57. The van der Waals surface area contributed by atoms with Crippen molar-refractivity contribution in [3.63, 3.8) is 0 Å². The molecule has 1 N–H and O–H groups in total. The van der Waals surface area contributed by atoms with Crippen LogP contribution in [-0.4, -0.2) is 4.92 Å². The van der Waals surface area contributed by atoms with Gasteiger partial charge >= 0.3 is 0 Å². The van der Waals surface area contributed by atoms with E-state index in [1.807, 2.05) is 37.3 Å². The molecule has 0 aromatic heterocycles. The van der Waals surface area contributed by atoms with E-state index in [-0.39, 0.29) is 11.7 Å². The van der Waals surface area contributed by atoms with Crippen LogP contribution in [0.5, 0.6) is 0 Å². The highest BCUT2D eigenvalue weighted by Crippen LogP contribution is 2.29. The zero-order valence-corrected chi connectivity index (χ0v) is 13.7. The van der Waals surface area contributed by atoms with Crippen molar-refractivity contribution in [2.75, 3.05) is 0 Å². The zero-order chi connectivity index (χ0) is 15.4. The maximum absolute atomic E-state index is 10.9. The van der Waals surface area contributed by atoms with Crippen molar-refractivity contribution in [1.82, 2.24) is 5.32 Å². The molecule has 1 atom stereocenters. The van der Waals surface area contributed by atoms with Crippen LogP contribution in [0, 0.1) is 10.1 Å². The van der Waals surface area contributed by atoms with Crippen LogP contribution in [0.4, 0.5) is 5.69 Å². The molecule has 0 saturated heterocycles. The molecule has 6 heteroatoms. The van der Waals surface area contributed by atoms with E-state index in [0.29, 0.717) is 16.0 Å². The predicted molar refractivity (Wildman–Crippen MR) is 87.5 cm³/mol. The van der Waals surface area contributed by atoms with E-state index in [0.717, 1.165) is 11.1 Å². The highest BCUT2D eigenvalue weighted by Gasteiger charge is 2.15. The lowest BCUT2D eigenvalue weighted by Crippen LogP contribution is -2.18. The van der Waals surface area contributed by atoms with Gasteiger partial charge in [0.05, 0.1) is 9.40 Å². The molecule has 0 heterocycles. The van der Waals surface area contributed by atoms with Gasteiger partial charge in [-0.3, -0.25) is 10.1 Å². The topological polar surface area (TPSA) is 55.2 Å². The number of rotatable bonds is 5. The molecule has 0 aliphatic heterocycles. The molecule has 0 aliphatic carbocycles. The molecule has 2 aromatic carbocycles. The Kier molecular flexibility index (Phi) is 5.33. The Balaban J connectivity index is 2.12. The third-order valence-electron chi connectivity index (χ3n) is 3.23. The lowest BCUT2D eigenvalue weighted by Gasteiger charge is -2.16. The maximum atomic E-state index is 10.9. The number of nitro benzene ring substituents is 1. The van der Waals surface area contributed by atoms with Gasteiger partial charge in [0.1, 0.15) is 0 Å². The van der Waals surface area contributed by atoms with Crippen LogP contribution >= 0.6 is 27.5 Å². The Morgan fingerprint density at radius 1 is 1.29 bits per heavy atom. The number of benzene rings is 2. The fraction of sp³-hybridized carbons (Fsp3) is 0.200. The lowest BCUT2D eigenvalue weighted by atomic mass is 10.1. The van der Waals surface area contributed by atoms with Gasteiger partial charge in [-0.2, -0.15) is 0 Å². The first-order valence-electron chi connectivity index (χ1n) is 6.40. The van der Waals surface area contributed by atoms with Crippen LogP contribution in [0.1, 0.15) is 24.1 Å². The summed E-state index contributed by atoms with van der Waals surface area (Å²) in [7, 11) is 0. The molecule has 0 amide bonds. The molecule has 0 spiro atoms. The molecule has 2 aromatic rings. The average molecular weight is 370 g/mol. The van der Waals surface area contributed by atoms with Crippen LogP contribution in [-0.2, 0) is 6.54 Å². The van der Waals surface area contributed by atoms with Gasteiger partial charge in [0.15, 0.2) is 0 Å². The van der Waals surface area contributed by atoms with Gasteiger partial charge in [0, 0.05) is 23.7 Å². The van der Waals surface area contributed by atoms with Gasteiger partial charge in [-0.15, -0.1) is 0 Å². The molecule has 21 heavy (non-hydrogen) atoms. The van der Waals surface area contributed by atoms with Crippen LogP contribution in [0.15, 0.2) is 46.9 Å². The second-order valence-corrected chi connectivity index (χ2v) is 5.83. The van der Waals surface area contributed by atoms with E-state index >= 15 is 0 Å². The second-order valence-electron chi connectivity index (χ2n) is 4.63. The summed E-state index contributed by atoms with van der Waals surface area (Å²) in [5.74, 6) is 0. The summed E-state index contributed by atoms with van der Waals surface area (Å²) >= 11 is 9.46. The van der Waals surface area contributed by atoms with Crippen molar-refractivity contribution >= 4 is 33.2 Å². The van der Waals surface area contributed by atoms with Gasteiger partial charge in [-0.25, -0.2) is 0 Å². The van der Waals surface area contributed by atoms with Crippen molar-refractivity contribution in [2.24, 2.45) is 0 Å². The smallest absolute Gasteiger partial charge is 0.283 e. The zero-order valence-electron chi connectivity index (χ0n) is 11.3. The van der Waals surface area contributed by atoms with Gasteiger partial charge < -0.3 is 5.32 Å². The molecule has 0 bridgehead atoms. The molecule has 0 unspecified atom stereocenters. The van der Waals surface area contributed by atoms with E-state index in [4.69, 9.17) is 11.6 Å². The minimum absolute atomic E-state index is 0.0462. The Labute approximate surface area is 136 Å². The van der Waals surface area contributed by atoms with Crippen LogP contribution in [0.3, 0.4) is 0 Å². The van der Waals surface area contributed by atoms with Gasteiger partial charge in [0.25, 0.3) is 5.69 Å². The first kappa shape index (κ1) is 15.9. The Morgan fingerprint density at radius 2 is 2.00 bits per heavy atom. The summed E-state index contributed by atoms with van der Waals surface area (Å²) in [5.41, 5.74) is 1.91. The summed E-state index contributed by atoms with van der Waals surface area (Å²) in [6.45, 7) is 2.52. The van der Waals surface area contributed by atoms with Crippen LogP contribution in [0.25, 0.3) is 0 Å². The number of halogens is 2. The Bertz CT molecular complexity index is 664. The van der Waals surface area contributed by atoms with Crippen LogP contribution < -0.4 is 5.32 Å². The minimum atomic E-state index is -0.398. The minimum Gasteiger partial charge on any atom is -0.306 e. The van der Waals surface area contributed by atoms with Gasteiger partial charge in [0.2, 0.25) is 0 Å². The average Bonchev–Trinajstić information content (AvgIpc) is 2.46. The van der Waals surface area contributed by atoms with Gasteiger partial charge in [-0.1, -0.05) is 41.9 Å². The van der Waals surface area contributed by atoms with E-state index < -0.39 is 4.92 Å². The molecular weight excluding hydrogens is 356 g/mol. The molecular formula is C15H14BrClN2O2. The fourth-order valence-corrected chi connectivity index (χ4v) is 2.89. The SMILES string of the molecule is C[C@H](NCc1cccc([N+](=O)[O-])c1Br)c1ccccc1Cl. The summed E-state index contributed by atoms with van der Waals surface area (Å²) < 4.78 is 0.508. The number of nitro groups is 1. The number of hydrogen-bond acceptors (Lipinski definition) is 3. The quantitative estimate of drug-likeness (QED) is 0.605. The predicted octanol–water partition coefficient (Wildman–Crippen LogP) is 4.86. The largest absolute Gasteiger partial charge is 0.306 e. The molecule has 0 radical (unpaired) electrons. The third-order valence-corrected chi connectivity index (χ3v) is 4.49. The van der Waals surface area contributed by atoms with E-state index in [2.05, 4.69) is 21.2 Å². The van der Waals surface area contributed by atoms with Crippen molar-refractivity contribution in [1.29, 1.82) is 0 Å². The lowest BCUT2D eigenvalue weighted by molar-refractivity contribution is -0.385. The number of hydrogen-bond donors (Lipinski definition) is 1. The van der Waals surface area contributed by atoms with Crippen LogP contribution in [0.2, 0.25) is 5.02 Å². The first-order chi connectivity index (χ1) is 10.0. The summed E-state index contributed by atoms with van der Waals surface area (Å²) in [6.07, 6.45) is 0. The Morgan fingerprint density at radius 3 is 2.67 bits per heavy atom. The number of nitrogens with zero attached hydrogens (tertiary/aromatic N) is 1. The summed E-state index contributed by atoms with van der Waals surface area (Å²) in [4.78, 5) is 10.5. The second kappa shape index (κ2) is 7.02.